The summed E-state index contributed by atoms with van der Waals surface area (Å²) in [7, 11) is 1.57. The fourth-order valence-electron chi connectivity index (χ4n) is 4.27. The predicted octanol–water partition coefficient (Wildman–Crippen LogP) is 3.25. The van der Waals surface area contributed by atoms with Crippen LogP contribution in [-0.2, 0) is 0 Å². The second-order valence-electron chi connectivity index (χ2n) is 7.73. The number of H-pyrrole nitrogens is 2. The molecule has 28 heavy (non-hydrogen) atoms. The van der Waals surface area contributed by atoms with Crippen LogP contribution >= 0.6 is 0 Å². The van der Waals surface area contributed by atoms with E-state index in [2.05, 4.69) is 41.9 Å². The molecule has 0 amide bonds. The van der Waals surface area contributed by atoms with Crippen LogP contribution in [0.1, 0.15) is 27.2 Å². The van der Waals surface area contributed by atoms with Gasteiger partial charge in [-0.05, 0) is 43.4 Å². The summed E-state index contributed by atoms with van der Waals surface area (Å²) in [4.78, 5) is 31.4. The maximum Gasteiger partial charge on any atom is 0.350 e. The van der Waals surface area contributed by atoms with Crippen LogP contribution in [0, 0.1) is 17.8 Å². The van der Waals surface area contributed by atoms with Gasteiger partial charge < -0.3 is 14.7 Å². The Bertz CT molecular complexity index is 1230. The maximum absolute atomic E-state index is 12.9. The molecule has 4 rings (SSSR count). The Morgan fingerprint density at radius 3 is 2.71 bits per heavy atom. The molecular formula is C21H24N4O3. The summed E-state index contributed by atoms with van der Waals surface area (Å²) in [5.74, 6) is 1.55. The molecule has 146 valence electrons. The summed E-state index contributed by atoms with van der Waals surface area (Å²) in [6, 6.07) is 5.41. The van der Waals surface area contributed by atoms with Crippen molar-refractivity contribution in [2.24, 2.45) is 22.9 Å². The van der Waals surface area contributed by atoms with Gasteiger partial charge in [-0.15, -0.1) is 4.68 Å². The minimum absolute atomic E-state index is 0.178. The van der Waals surface area contributed by atoms with Gasteiger partial charge >= 0.3 is 11.2 Å². The van der Waals surface area contributed by atoms with Gasteiger partial charge in [0.15, 0.2) is 0 Å². The van der Waals surface area contributed by atoms with Crippen molar-refractivity contribution >= 4 is 28.2 Å². The number of aromatic amines is 2. The van der Waals surface area contributed by atoms with Crippen LogP contribution in [-0.4, -0.2) is 28.0 Å². The van der Waals surface area contributed by atoms with Crippen molar-refractivity contribution in [1.29, 1.82) is 0 Å². The summed E-state index contributed by atoms with van der Waals surface area (Å²) in [6.07, 6.45) is 4.97. The van der Waals surface area contributed by atoms with E-state index in [1.165, 1.54) is 5.57 Å². The van der Waals surface area contributed by atoms with Crippen LogP contribution in [0.15, 0.2) is 44.5 Å². The van der Waals surface area contributed by atoms with Gasteiger partial charge in [-0.3, -0.25) is 4.79 Å². The minimum atomic E-state index is -0.555. The summed E-state index contributed by atoms with van der Waals surface area (Å²) < 4.78 is 6.14. The highest BCUT2D eigenvalue weighted by molar-refractivity contribution is 6.04. The lowest BCUT2D eigenvalue weighted by Crippen LogP contribution is -2.33. The number of aromatic nitrogens is 3. The van der Waals surface area contributed by atoms with Crippen LogP contribution in [0.25, 0.3) is 21.9 Å². The number of methoxy groups -OCH3 is 1. The molecule has 3 aromatic rings. The molecule has 1 aliphatic rings. The lowest BCUT2D eigenvalue weighted by molar-refractivity contribution is 0.361. The summed E-state index contributed by atoms with van der Waals surface area (Å²) >= 11 is 0. The summed E-state index contributed by atoms with van der Waals surface area (Å²) in [6.45, 7) is 6.44. The Balaban J connectivity index is 1.81. The highest BCUT2D eigenvalue weighted by Crippen LogP contribution is 2.32. The fraction of sp³-hybridized carbons (Fsp3) is 0.381. The molecule has 0 spiro atoms. The zero-order chi connectivity index (χ0) is 20.0. The van der Waals surface area contributed by atoms with Gasteiger partial charge in [0.1, 0.15) is 11.3 Å². The molecule has 2 N–H and O–H groups in total. The molecule has 1 aromatic carbocycles. The third-order valence-corrected chi connectivity index (χ3v) is 5.65. The van der Waals surface area contributed by atoms with Gasteiger partial charge in [-0.1, -0.05) is 25.5 Å². The molecule has 2 aromatic heterocycles. The minimum Gasteiger partial charge on any atom is -0.497 e. The number of hydrogen-bond donors (Lipinski definition) is 2. The van der Waals surface area contributed by atoms with Gasteiger partial charge in [-0.2, -0.15) is 5.10 Å². The van der Waals surface area contributed by atoms with Gasteiger partial charge in [0.05, 0.1) is 12.6 Å². The van der Waals surface area contributed by atoms with Crippen molar-refractivity contribution in [2.45, 2.75) is 27.2 Å². The lowest BCUT2D eigenvalue weighted by Gasteiger charge is -2.29. The molecule has 0 aliphatic heterocycles. The van der Waals surface area contributed by atoms with Crippen LogP contribution in [0.5, 0.6) is 5.75 Å². The Labute approximate surface area is 161 Å². The molecular weight excluding hydrogens is 356 g/mol. The van der Waals surface area contributed by atoms with Gasteiger partial charge in [-0.25, -0.2) is 4.79 Å². The van der Waals surface area contributed by atoms with Crippen LogP contribution in [0.4, 0.5) is 0 Å². The molecule has 0 radical (unpaired) electrons. The van der Waals surface area contributed by atoms with Gasteiger partial charge in [0, 0.05) is 23.0 Å². The largest absolute Gasteiger partial charge is 0.497 e. The Kier molecular flexibility index (Phi) is 4.45. The quantitative estimate of drug-likeness (QED) is 0.540. The Morgan fingerprint density at radius 2 is 2.00 bits per heavy atom. The normalized spacial score (nSPS) is 22.9. The first kappa shape index (κ1) is 18.3. The number of rotatable bonds is 3. The average molecular weight is 380 g/mol. The number of nitrogens with one attached hydrogen (secondary N) is 2. The van der Waals surface area contributed by atoms with E-state index in [0.29, 0.717) is 28.6 Å². The molecule has 7 nitrogen and oxygen atoms in total. The van der Waals surface area contributed by atoms with E-state index >= 15 is 0 Å². The number of hydrogen-bond acceptors (Lipinski definition) is 4. The smallest absolute Gasteiger partial charge is 0.350 e. The fourth-order valence-corrected chi connectivity index (χ4v) is 4.27. The molecule has 0 bridgehead atoms. The molecule has 0 saturated heterocycles. The van der Waals surface area contributed by atoms with Crippen molar-refractivity contribution in [2.75, 3.05) is 7.11 Å². The zero-order valence-corrected chi connectivity index (χ0v) is 16.4. The molecule has 0 unspecified atom stereocenters. The molecule has 7 heteroatoms. The third kappa shape index (κ3) is 2.96. The summed E-state index contributed by atoms with van der Waals surface area (Å²) in [5, 5.41) is 5.00. The molecule has 0 saturated carbocycles. The second kappa shape index (κ2) is 6.82. The SMILES string of the molecule is COc1ccc2[nH]c3c(=O)n(/N=C/[C@@H]4[C@H](C)CC(C)=C[C@@H]4C)c(=O)[nH]c3c2c1. The first-order chi connectivity index (χ1) is 13.4. The van der Waals surface area contributed by atoms with Crippen molar-refractivity contribution < 1.29 is 4.74 Å². The number of ether oxygens (including phenoxy) is 1. The topological polar surface area (TPSA) is 92.2 Å². The average Bonchev–Trinajstić information content (AvgIpc) is 3.01. The molecule has 1 aliphatic carbocycles. The van der Waals surface area contributed by atoms with E-state index < -0.39 is 11.2 Å². The monoisotopic (exact) mass is 380 g/mol. The first-order valence-electron chi connectivity index (χ1n) is 9.45. The van der Waals surface area contributed by atoms with E-state index in [4.69, 9.17) is 4.74 Å². The van der Waals surface area contributed by atoms with E-state index in [1.807, 2.05) is 6.07 Å². The number of fused-ring (bicyclic) bond motifs is 3. The van der Waals surface area contributed by atoms with Crippen molar-refractivity contribution in [1.82, 2.24) is 14.6 Å². The Morgan fingerprint density at radius 1 is 1.21 bits per heavy atom. The van der Waals surface area contributed by atoms with Crippen LogP contribution in [0.3, 0.4) is 0 Å². The zero-order valence-electron chi connectivity index (χ0n) is 16.4. The van der Waals surface area contributed by atoms with Crippen LogP contribution < -0.4 is 16.0 Å². The number of benzene rings is 1. The third-order valence-electron chi connectivity index (χ3n) is 5.65. The first-order valence-corrected chi connectivity index (χ1v) is 9.45. The van der Waals surface area contributed by atoms with Gasteiger partial charge in [0.2, 0.25) is 0 Å². The van der Waals surface area contributed by atoms with Crippen molar-refractivity contribution in [3.8, 4) is 5.75 Å². The second-order valence-corrected chi connectivity index (χ2v) is 7.73. The van der Waals surface area contributed by atoms with Gasteiger partial charge in [0.25, 0.3) is 0 Å². The Hall–Kier alpha value is -3.09. The standard InChI is InChI=1S/C21H24N4O3/c1-11-7-12(2)16(13(3)8-11)10-22-25-20(26)19-18(24-21(25)27)15-9-14(28-4)5-6-17(15)23-19/h5-7,9-10,12-13,16,23H,8H2,1-4H3,(H,24,27)/b22-10+/t12-,13+,16-/m0/s1. The number of nitrogens with zero attached hydrogens (tertiary/aromatic N) is 2. The lowest BCUT2D eigenvalue weighted by atomic mass is 9.76. The molecule has 3 atom stereocenters. The highest BCUT2D eigenvalue weighted by Gasteiger charge is 2.25. The molecule has 2 heterocycles. The van der Waals surface area contributed by atoms with Crippen molar-refractivity contribution in [3.05, 3.63) is 50.7 Å². The summed E-state index contributed by atoms with van der Waals surface area (Å²) in [5.41, 5.74) is 1.89. The van der Waals surface area contributed by atoms with Crippen molar-refractivity contribution in [3.63, 3.8) is 0 Å². The van der Waals surface area contributed by atoms with E-state index in [-0.39, 0.29) is 5.92 Å². The highest BCUT2D eigenvalue weighted by atomic mass is 16.5. The van der Waals surface area contributed by atoms with E-state index in [0.717, 1.165) is 22.0 Å². The van der Waals surface area contributed by atoms with E-state index in [1.54, 1.807) is 25.5 Å². The van der Waals surface area contributed by atoms with E-state index in [9.17, 15) is 9.59 Å². The number of allylic oxidation sites excluding steroid dienone is 2. The predicted molar refractivity (Wildman–Crippen MR) is 111 cm³/mol. The van der Waals surface area contributed by atoms with Crippen LogP contribution in [0.2, 0.25) is 0 Å². The maximum atomic E-state index is 12.9. The molecule has 0 fully saturated rings.